The highest BCUT2D eigenvalue weighted by Crippen LogP contribution is 2.27. The van der Waals surface area contributed by atoms with Crippen molar-refractivity contribution < 1.29 is 5.11 Å². The average Bonchev–Trinajstić information content (AvgIpc) is 2.18. The van der Waals surface area contributed by atoms with Gasteiger partial charge >= 0.3 is 0 Å². The summed E-state index contributed by atoms with van der Waals surface area (Å²) >= 11 is 0. The number of rotatable bonds is 4. The van der Waals surface area contributed by atoms with Gasteiger partial charge in [-0.3, -0.25) is 0 Å². The Bertz CT molecular complexity index is 321. The highest BCUT2D eigenvalue weighted by Gasteiger charge is 2.18. The van der Waals surface area contributed by atoms with Gasteiger partial charge in [-0.05, 0) is 28.6 Å². The highest BCUT2D eigenvalue weighted by atomic mass is 16.3. The van der Waals surface area contributed by atoms with Crippen LogP contribution >= 0.6 is 0 Å². The third-order valence-electron chi connectivity index (χ3n) is 2.19. The molecule has 1 N–H and O–H groups in total. The normalized spacial score (nSPS) is 11.4. The number of nitroso groups, excluding NO2 is 1. The first-order chi connectivity index (χ1) is 6.59. The Kier molecular flexibility index (Phi) is 3.36. The van der Waals surface area contributed by atoms with Gasteiger partial charge in [-0.1, -0.05) is 32.0 Å². The van der Waals surface area contributed by atoms with Crippen molar-refractivity contribution in [1.82, 2.24) is 0 Å². The molecule has 0 aromatic heterocycles. The smallest absolute Gasteiger partial charge is 0.111 e. The molecule has 14 heavy (non-hydrogen) atoms. The third-order valence-corrected chi connectivity index (χ3v) is 2.19. The molecule has 0 aliphatic heterocycles. The lowest BCUT2D eigenvalue weighted by Gasteiger charge is -2.21. The quantitative estimate of drug-likeness (QED) is 0.747. The number of hydrogen-bond donors (Lipinski definition) is 1. The van der Waals surface area contributed by atoms with Crippen LogP contribution < -0.4 is 0 Å². The van der Waals surface area contributed by atoms with E-state index in [1.54, 1.807) is 12.1 Å². The third kappa shape index (κ3) is 2.64. The minimum Gasteiger partial charge on any atom is -0.396 e. The SMILES string of the molecule is CC(C)(CO)Cc1ccccc1N=O. The summed E-state index contributed by atoms with van der Waals surface area (Å²) in [6.45, 7) is 4.00. The zero-order chi connectivity index (χ0) is 10.6. The molecule has 0 fully saturated rings. The van der Waals surface area contributed by atoms with Crippen molar-refractivity contribution in [2.45, 2.75) is 20.3 Å². The van der Waals surface area contributed by atoms with Crippen molar-refractivity contribution in [3.05, 3.63) is 34.7 Å². The van der Waals surface area contributed by atoms with Crippen molar-refractivity contribution in [3.8, 4) is 0 Å². The lowest BCUT2D eigenvalue weighted by molar-refractivity contribution is 0.160. The molecule has 0 unspecified atom stereocenters. The Morgan fingerprint density at radius 3 is 2.57 bits per heavy atom. The van der Waals surface area contributed by atoms with E-state index in [-0.39, 0.29) is 12.0 Å². The van der Waals surface area contributed by atoms with Crippen LogP contribution in [0.5, 0.6) is 0 Å². The summed E-state index contributed by atoms with van der Waals surface area (Å²) in [7, 11) is 0. The van der Waals surface area contributed by atoms with Gasteiger partial charge in [0.2, 0.25) is 0 Å². The molecule has 3 heteroatoms. The van der Waals surface area contributed by atoms with Crippen LogP contribution in [0.25, 0.3) is 0 Å². The van der Waals surface area contributed by atoms with Crippen LogP contribution in [0.1, 0.15) is 19.4 Å². The Labute approximate surface area is 83.7 Å². The van der Waals surface area contributed by atoms with E-state index in [4.69, 9.17) is 5.11 Å². The van der Waals surface area contributed by atoms with E-state index in [9.17, 15) is 4.91 Å². The summed E-state index contributed by atoms with van der Waals surface area (Å²) in [5.74, 6) is 0. The van der Waals surface area contributed by atoms with Gasteiger partial charge in [0.05, 0.1) is 0 Å². The number of hydrogen-bond acceptors (Lipinski definition) is 3. The standard InChI is InChI=1S/C11H15NO2/c1-11(2,8-13)7-9-5-3-4-6-10(9)12-14/h3-6,13H,7-8H2,1-2H3. The fraction of sp³-hybridized carbons (Fsp3) is 0.455. The van der Waals surface area contributed by atoms with Crippen LogP contribution in [0.2, 0.25) is 0 Å². The zero-order valence-electron chi connectivity index (χ0n) is 8.53. The minimum atomic E-state index is -0.208. The summed E-state index contributed by atoms with van der Waals surface area (Å²) in [5.41, 5.74) is 1.15. The van der Waals surface area contributed by atoms with E-state index < -0.39 is 0 Å². The lowest BCUT2D eigenvalue weighted by Crippen LogP contribution is -2.19. The van der Waals surface area contributed by atoms with Gasteiger partial charge in [-0.25, -0.2) is 0 Å². The first kappa shape index (κ1) is 10.9. The zero-order valence-corrected chi connectivity index (χ0v) is 8.53. The van der Waals surface area contributed by atoms with Crippen LogP contribution in [-0.2, 0) is 6.42 Å². The Morgan fingerprint density at radius 2 is 2.00 bits per heavy atom. The summed E-state index contributed by atoms with van der Waals surface area (Å²) in [6, 6.07) is 7.22. The molecule has 0 radical (unpaired) electrons. The van der Waals surface area contributed by atoms with Gasteiger partial charge < -0.3 is 5.11 Å². The van der Waals surface area contributed by atoms with Gasteiger partial charge in [0.15, 0.2) is 0 Å². The molecule has 1 rings (SSSR count). The summed E-state index contributed by atoms with van der Waals surface area (Å²) in [6.07, 6.45) is 0.658. The van der Waals surface area contributed by atoms with Crippen molar-refractivity contribution >= 4 is 5.69 Å². The predicted octanol–water partition coefficient (Wildman–Crippen LogP) is 2.65. The van der Waals surface area contributed by atoms with E-state index in [2.05, 4.69) is 5.18 Å². The van der Waals surface area contributed by atoms with Crippen LogP contribution in [0, 0.1) is 10.3 Å². The van der Waals surface area contributed by atoms with Crippen molar-refractivity contribution in [2.24, 2.45) is 10.6 Å². The Balaban J connectivity index is 2.91. The van der Waals surface area contributed by atoms with Crippen LogP contribution in [0.15, 0.2) is 29.4 Å². The second-order valence-corrected chi connectivity index (χ2v) is 4.22. The molecule has 0 saturated heterocycles. The number of benzene rings is 1. The van der Waals surface area contributed by atoms with E-state index >= 15 is 0 Å². The van der Waals surface area contributed by atoms with Crippen molar-refractivity contribution in [3.63, 3.8) is 0 Å². The topological polar surface area (TPSA) is 49.7 Å². The maximum Gasteiger partial charge on any atom is 0.111 e. The molecular formula is C11H15NO2. The number of nitrogens with zero attached hydrogens (tertiary/aromatic N) is 1. The van der Waals surface area contributed by atoms with Crippen molar-refractivity contribution in [2.75, 3.05) is 6.61 Å². The molecule has 76 valence electrons. The summed E-state index contributed by atoms with van der Waals surface area (Å²) < 4.78 is 0. The van der Waals surface area contributed by atoms with Gasteiger partial charge in [-0.2, -0.15) is 0 Å². The fourth-order valence-electron chi connectivity index (χ4n) is 1.32. The average molecular weight is 193 g/mol. The largest absolute Gasteiger partial charge is 0.396 e. The minimum absolute atomic E-state index is 0.0974. The molecular weight excluding hydrogens is 178 g/mol. The van der Waals surface area contributed by atoms with Gasteiger partial charge in [0.1, 0.15) is 5.69 Å². The molecule has 0 aliphatic rings. The maximum absolute atomic E-state index is 10.5. The molecule has 0 saturated carbocycles. The monoisotopic (exact) mass is 193 g/mol. The highest BCUT2D eigenvalue weighted by molar-refractivity contribution is 5.45. The number of aliphatic hydroxyl groups excluding tert-OH is 1. The van der Waals surface area contributed by atoms with Gasteiger partial charge in [-0.15, -0.1) is 4.91 Å². The Morgan fingerprint density at radius 1 is 1.36 bits per heavy atom. The van der Waals surface area contributed by atoms with Gasteiger partial charge in [0, 0.05) is 6.61 Å². The first-order valence-corrected chi connectivity index (χ1v) is 4.61. The molecule has 3 nitrogen and oxygen atoms in total. The predicted molar refractivity (Wildman–Crippen MR) is 56.5 cm³/mol. The van der Waals surface area contributed by atoms with E-state index in [0.29, 0.717) is 12.1 Å². The molecule has 0 aliphatic carbocycles. The van der Waals surface area contributed by atoms with E-state index in [1.807, 2.05) is 26.0 Å². The molecule has 1 aromatic rings. The molecule has 1 aromatic carbocycles. The summed E-state index contributed by atoms with van der Waals surface area (Å²) in [5, 5.41) is 12.1. The molecule has 0 spiro atoms. The molecule has 0 heterocycles. The second-order valence-electron chi connectivity index (χ2n) is 4.22. The lowest BCUT2D eigenvalue weighted by atomic mass is 9.86. The van der Waals surface area contributed by atoms with Crippen LogP contribution in [-0.4, -0.2) is 11.7 Å². The van der Waals surface area contributed by atoms with Crippen LogP contribution in [0.3, 0.4) is 0 Å². The number of aliphatic hydroxyl groups is 1. The van der Waals surface area contributed by atoms with E-state index in [0.717, 1.165) is 5.56 Å². The molecule has 0 atom stereocenters. The fourth-order valence-corrected chi connectivity index (χ4v) is 1.32. The summed E-state index contributed by atoms with van der Waals surface area (Å²) in [4.78, 5) is 10.5. The first-order valence-electron chi connectivity index (χ1n) is 4.61. The van der Waals surface area contributed by atoms with E-state index in [1.165, 1.54) is 0 Å². The van der Waals surface area contributed by atoms with Gasteiger partial charge in [0.25, 0.3) is 0 Å². The maximum atomic E-state index is 10.5. The second kappa shape index (κ2) is 4.33. The Hall–Kier alpha value is -1.22. The van der Waals surface area contributed by atoms with Crippen LogP contribution in [0.4, 0.5) is 5.69 Å². The van der Waals surface area contributed by atoms with Crippen molar-refractivity contribution in [1.29, 1.82) is 0 Å². The molecule has 0 bridgehead atoms. The molecule has 0 amide bonds.